The molecule has 3 N–H and O–H groups in total. The van der Waals surface area contributed by atoms with Crippen molar-refractivity contribution in [2.75, 3.05) is 13.1 Å². The zero-order valence-electron chi connectivity index (χ0n) is 11.8. The van der Waals surface area contributed by atoms with Crippen LogP contribution in [0.2, 0.25) is 0 Å². The molecule has 0 atom stereocenters. The highest BCUT2D eigenvalue weighted by atomic mass is 16.1. The van der Waals surface area contributed by atoms with Gasteiger partial charge in [0.2, 0.25) is 0 Å². The molecule has 6 nitrogen and oxygen atoms in total. The quantitative estimate of drug-likeness (QED) is 0.792. The molecule has 0 spiro atoms. The number of aromatic nitrogens is 3. The monoisotopic (exact) mass is 283 g/mol. The van der Waals surface area contributed by atoms with Gasteiger partial charge in [0, 0.05) is 25.1 Å². The molecule has 0 aliphatic carbocycles. The van der Waals surface area contributed by atoms with E-state index in [-0.39, 0.29) is 12.5 Å². The zero-order chi connectivity index (χ0) is 15.1. The maximum atomic E-state index is 12.2. The molecule has 6 heteroatoms. The molecule has 0 aromatic carbocycles. The van der Waals surface area contributed by atoms with Crippen LogP contribution < -0.4 is 11.1 Å². The first-order valence-corrected chi connectivity index (χ1v) is 6.61. The smallest absolute Gasteiger partial charge is 0.252 e. The van der Waals surface area contributed by atoms with Gasteiger partial charge in [0.15, 0.2) is 0 Å². The standard InChI is InChI=1S/C15H17N5O/c1-12-9-19-20(11-12)8-7-18-15(21)14-4-6-17-10-13(14)3-2-5-16/h4,6,9-11H,5,7-8,16H2,1H3,(H,18,21). The molecule has 0 aliphatic rings. The molecule has 0 radical (unpaired) electrons. The topological polar surface area (TPSA) is 85.8 Å². The summed E-state index contributed by atoms with van der Waals surface area (Å²) >= 11 is 0. The Bertz CT molecular complexity index is 681. The Balaban J connectivity index is 1.97. The number of carbonyl (C=O) groups is 1. The number of aryl methyl sites for hydroxylation is 1. The number of rotatable bonds is 4. The van der Waals surface area contributed by atoms with E-state index in [2.05, 4.69) is 27.2 Å². The summed E-state index contributed by atoms with van der Waals surface area (Å²) in [7, 11) is 0. The van der Waals surface area contributed by atoms with Gasteiger partial charge in [0.25, 0.3) is 5.91 Å². The van der Waals surface area contributed by atoms with Crippen molar-refractivity contribution >= 4 is 5.91 Å². The van der Waals surface area contributed by atoms with Gasteiger partial charge in [-0.1, -0.05) is 11.8 Å². The fraction of sp³-hybridized carbons (Fsp3) is 0.267. The Hall–Kier alpha value is -2.65. The van der Waals surface area contributed by atoms with E-state index in [1.165, 1.54) is 0 Å². The van der Waals surface area contributed by atoms with E-state index < -0.39 is 0 Å². The van der Waals surface area contributed by atoms with Crippen LogP contribution in [0.25, 0.3) is 0 Å². The highest BCUT2D eigenvalue weighted by Gasteiger charge is 2.09. The van der Waals surface area contributed by atoms with Crippen LogP contribution in [-0.4, -0.2) is 33.8 Å². The van der Waals surface area contributed by atoms with E-state index >= 15 is 0 Å². The maximum Gasteiger partial charge on any atom is 0.252 e. The van der Waals surface area contributed by atoms with Crippen LogP contribution in [0.5, 0.6) is 0 Å². The van der Waals surface area contributed by atoms with Crippen LogP contribution in [0.1, 0.15) is 21.5 Å². The lowest BCUT2D eigenvalue weighted by molar-refractivity contribution is 0.0951. The fourth-order valence-corrected chi connectivity index (χ4v) is 1.81. The SMILES string of the molecule is Cc1cnn(CCNC(=O)c2ccncc2C#CCN)c1. The van der Waals surface area contributed by atoms with E-state index in [1.807, 2.05) is 13.1 Å². The summed E-state index contributed by atoms with van der Waals surface area (Å²) in [6.45, 7) is 3.33. The normalized spacial score (nSPS) is 9.81. The van der Waals surface area contributed by atoms with Crippen molar-refractivity contribution in [2.45, 2.75) is 13.5 Å². The maximum absolute atomic E-state index is 12.2. The molecule has 2 rings (SSSR count). The van der Waals surface area contributed by atoms with E-state index in [9.17, 15) is 4.79 Å². The Morgan fingerprint density at radius 1 is 1.48 bits per heavy atom. The van der Waals surface area contributed by atoms with Crippen molar-refractivity contribution in [3.8, 4) is 11.8 Å². The van der Waals surface area contributed by atoms with Gasteiger partial charge in [-0.3, -0.25) is 14.5 Å². The minimum atomic E-state index is -0.178. The van der Waals surface area contributed by atoms with Crippen LogP contribution in [-0.2, 0) is 6.54 Å². The van der Waals surface area contributed by atoms with E-state index in [4.69, 9.17) is 5.73 Å². The van der Waals surface area contributed by atoms with Crippen LogP contribution in [0.15, 0.2) is 30.9 Å². The van der Waals surface area contributed by atoms with Crippen molar-refractivity contribution in [3.63, 3.8) is 0 Å². The number of hydrogen-bond donors (Lipinski definition) is 2. The van der Waals surface area contributed by atoms with E-state index in [1.54, 1.807) is 29.3 Å². The molecule has 0 unspecified atom stereocenters. The second-order valence-electron chi connectivity index (χ2n) is 4.46. The van der Waals surface area contributed by atoms with Crippen LogP contribution in [0, 0.1) is 18.8 Å². The van der Waals surface area contributed by atoms with Crippen molar-refractivity contribution in [1.29, 1.82) is 0 Å². The highest BCUT2D eigenvalue weighted by Crippen LogP contribution is 2.05. The van der Waals surface area contributed by atoms with Gasteiger partial charge in [0.05, 0.1) is 30.4 Å². The van der Waals surface area contributed by atoms with Crippen LogP contribution in [0.3, 0.4) is 0 Å². The third-order valence-electron chi connectivity index (χ3n) is 2.78. The molecule has 2 heterocycles. The van der Waals surface area contributed by atoms with Crippen molar-refractivity contribution in [2.24, 2.45) is 5.73 Å². The number of nitrogens with one attached hydrogen (secondary N) is 1. The number of hydrogen-bond acceptors (Lipinski definition) is 4. The van der Waals surface area contributed by atoms with Crippen LogP contribution in [0.4, 0.5) is 0 Å². The molecule has 0 saturated heterocycles. The van der Waals surface area contributed by atoms with Crippen LogP contribution >= 0.6 is 0 Å². The van der Waals surface area contributed by atoms with Gasteiger partial charge in [-0.15, -0.1) is 0 Å². The molecule has 0 bridgehead atoms. The first-order valence-electron chi connectivity index (χ1n) is 6.61. The lowest BCUT2D eigenvalue weighted by atomic mass is 10.1. The molecule has 2 aromatic rings. The van der Waals surface area contributed by atoms with Gasteiger partial charge < -0.3 is 11.1 Å². The molecule has 21 heavy (non-hydrogen) atoms. The predicted molar refractivity (Wildman–Crippen MR) is 79.5 cm³/mol. The van der Waals surface area contributed by atoms with Gasteiger partial charge in [0.1, 0.15) is 0 Å². The Labute approximate surface area is 123 Å². The minimum Gasteiger partial charge on any atom is -0.350 e. The summed E-state index contributed by atoms with van der Waals surface area (Å²) in [5, 5.41) is 7.01. The zero-order valence-corrected chi connectivity index (χ0v) is 11.8. The summed E-state index contributed by atoms with van der Waals surface area (Å²) in [4.78, 5) is 16.1. The Morgan fingerprint density at radius 2 is 2.33 bits per heavy atom. The number of pyridine rings is 1. The average molecular weight is 283 g/mol. The van der Waals surface area contributed by atoms with Crippen molar-refractivity contribution < 1.29 is 4.79 Å². The van der Waals surface area contributed by atoms with Gasteiger partial charge in [-0.25, -0.2) is 0 Å². The van der Waals surface area contributed by atoms with E-state index in [0.717, 1.165) is 5.56 Å². The molecular formula is C15H17N5O. The number of amides is 1. The largest absolute Gasteiger partial charge is 0.350 e. The molecule has 0 saturated carbocycles. The molecule has 1 amide bonds. The Kier molecular flexibility index (Phi) is 5.07. The molecule has 108 valence electrons. The first kappa shape index (κ1) is 14.8. The summed E-state index contributed by atoms with van der Waals surface area (Å²) in [6, 6.07) is 1.65. The van der Waals surface area contributed by atoms with Crippen molar-refractivity contribution in [3.05, 3.63) is 47.5 Å². The summed E-state index contributed by atoms with van der Waals surface area (Å²) in [6.07, 6.45) is 6.84. The second-order valence-corrected chi connectivity index (χ2v) is 4.46. The molecule has 0 fully saturated rings. The number of carbonyl (C=O) groups excluding carboxylic acids is 1. The van der Waals surface area contributed by atoms with Gasteiger partial charge >= 0.3 is 0 Å². The third-order valence-corrected chi connectivity index (χ3v) is 2.78. The summed E-state index contributed by atoms with van der Waals surface area (Å²) < 4.78 is 1.79. The highest BCUT2D eigenvalue weighted by molar-refractivity contribution is 5.96. The second kappa shape index (κ2) is 7.22. The predicted octanol–water partition coefficient (Wildman–Crippen LogP) is 0.327. The number of nitrogens with two attached hydrogens (primary N) is 1. The minimum absolute atomic E-state index is 0.178. The first-order chi connectivity index (χ1) is 10.2. The summed E-state index contributed by atoms with van der Waals surface area (Å²) in [5.74, 6) is 5.40. The van der Waals surface area contributed by atoms with Gasteiger partial charge in [-0.05, 0) is 18.6 Å². The van der Waals surface area contributed by atoms with Gasteiger partial charge in [-0.2, -0.15) is 5.10 Å². The fourth-order valence-electron chi connectivity index (χ4n) is 1.81. The average Bonchev–Trinajstić information content (AvgIpc) is 2.91. The molecular weight excluding hydrogens is 266 g/mol. The summed E-state index contributed by atoms with van der Waals surface area (Å²) in [5.41, 5.74) is 7.52. The van der Waals surface area contributed by atoms with Crippen molar-refractivity contribution in [1.82, 2.24) is 20.1 Å². The lowest BCUT2D eigenvalue weighted by Gasteiger charge is -2.06. The Morgan fingerprint density at radius 3 is 3.05 bits per heavy atom. The number of nitrogens with zero attached hydrogens (tertiary/aromatic N) is 3. The molecule has 2 aromatic heterocycles. The van der Waals surface area contributed by atoms with E-state index in [0.29, 0.717) is 24.2 Å². The molecule has 0 aliphatic heterocycles. The third kappa shape index (κ3) is 4.16. The lowest BCUT2D eigenvalue weighted by Crippen LogP contribution is -2.28.